The predicted octanol–water partition coefficient (Wildman–Crippen LogP) is 3.65. The monoisotopic (exact) mass is 495 g/mol. The zero-order valence-electron chi connectivity index (χ0n) is 16.7. The minimum absolute atomic E-state index is 0.244. The lowest BCUT2D eigenvalue weighted by molar-refractivity contribution is 0.0390. The molecule has 2 aromatic heterocycles. The Hall–Kier alpha value is -2.14. The van der Waals surface area contributed by atoms with E-state index in [0.717, 1.165) is 17.8 Å². The van der Waals surface area contributed by atoms with Crippen LogP contribution in [0, 0.1) is 0 Å². The largest absolute Gasteiger partial charge is 0.495 e. The summed E-state index contributed by atoms with van der Waals surface area (Å²) in [6.07, 6.45) is 0. The van der Waals surface area contributed by atoms with E-state index in [4.69, 9.17) is 23.6 Å². The fourth-order valence-electron chi connectivity index (χ4n) is 3.30. The third kappa shape index (κ3) is 4.31. The Labute approximate surface area is 186 Å². The van der Waals surface area contributed by atoms with E-state index in [0.29, 0.717) is 53.1 Å². The second-order valence-electron chi connectivity index (χ2n) is 6.66. The van der Waals surface area contributed by atoms with Crippen molar-refractivity contribution in [1.82, 2.24) is 9.88 Å². The number of ether oxygens (including phenoxy) is 3. The molecule has 8 nitrogen and oxygen atoms in total. The predicted molar refractivity (Wildman–Crippen MR) is 118 cm³/mol. The van der Waals surface area contributed by atoms with Gasteiger partial charge in [-0.25, -0.2) is 4.98 Å². The average Bonchev–Trinajstić information content (AvgIpc) is 3.40. The highest BCUT2D eigenvalue weighted by Crippen LogP contribution is 2.40. The van der Waals surface area contributed by atoms with Gasteiger partial charge in [0.2, 0.25) is 0 Å². The molecule has 0 atom stereocenters. The van der Waals surface area contributed by atoms with E-state index in [1.807, 2.05) is 12.1 Å². The Morgan fingerprint density at radius 3 is 2.60 bits per heavy atom. The van der Waals surface area contributed by atoms with Gasteiger partial charge < -0.3 is 18.6 Å². The van der Waals surface area contributed by atoms with Crippen LogP contribution in [0.4, 0.5) is 5.13 Å². The molecule has 0 aliphatic carbocycles. The molecule has 3 heterocycles. The first kappa shape index (κ1) is 21.1. The molecule has 1 aliphatic heterocycles. The van der Waals surface area contributed by atoms with E-state index < -0.39 is 0 Å². The number of amides is 1. The molecule has 30 heavy (non-hydrogen) atoms. The van der Waals surface area contributed by atoms with Crippen molar-refractivity contribution in [2.45, 2.75) is 0 Å². The number of carbonyl (C=O) groups is 1. The maximum Gasteiger partial charge on any atom is 0.295 e. The molecule has 10 heteroatoms. The number of methoxy groups -OCH3 is 2. The fourth-order valence-corrected chi connectivity index (χ4v) is 4.71. The van der Waals surface area contributed by atoms with Crippen LogP contribution >= 0.6 is 27.3 Å². The number of hydrogen-bond acceptors (Lipinski definition) is 8. The molecule has 0 N–H and O–H groups in total. The third-order valence-electron chi connectivity index (χ3n) is 4.90. The van der Waals surface area contributed by atoms with Crippen LogP contribution in [-0.4, -0.2) is 69.4 Å². The fraction of sp³-hybridized carbons (Fsp3) is 0.400. The topological polar surface area (TPSA) is 77.3 Å². The first-order valence-electron chi connectivity index (χ1n) is 9.49. The van der Waals surface area contributed by atoms with Crippen LogP contribution in [0.25, 0.3) is 10.2 Å². The molecule has 0 radical (unpaired) electrons. The number of fused-ring (bicyclic) bond motifs is 1. The Kier molecular flexibility index (Phi) is 6.57. The molecule has 1 aliphatic rings. The Morgan fingerprint density at radius 2 is 1.93 bits per heavy atom. The van der Waals surface area contributed by atoms with E-state index in [9.17, 15) is 4.79 Å². The number of benzene rings is 1. The summed E-state index contributed by atoms with van der Waals surface area (Å²) in [5.41, 5.74) is 0.668. The lowest BCUT2D eigenvalue weighted by Crippen LogP contribution is -2.43. The van der Waals surface area contributed by atoms with E-state index in [1.165, 1.54) is 11.3 Å². The summed E-state index contributed by atoms with van der Waals surface area (Å²) in [6.45, 7) is 4.28. The Bertz CT molecular complexity index is 990. The van der Waals surface area contributed by atoms with Gasteiger partial charge in [-0.3, -0.25) is 14.6 Å². The van der Waals surface area contributed by atoms with Crippen LogP contribution in [0.3, 0.4) is 0 Å². The van der Waals surface area contributed by atoms with E-state index in [1.54, 1.807) is 31.3 Å². The van der Waals surface area contributed by atoms with Crippen molar-refractivity contribution in [1.29, 1.82) is 0 Å². The number of aromatic nitrogens is 1. The second kappa shape index (κ2) is 9.34. The van der Waals surface area contributed by atoms with Gasteiger partial charge in [0.15, 0.2) is 15.6 Å². The van der Waals surface area contributed by atoms with Crippen LogP contribution in [-0.2, 0) is 4.74 Å². The molecule has 0 bridgehead atoms. The van der Waals surface area contributed by atoms with Crippen LogP contribution < -0.4 is 14.4 Å². The number of carbonyl (C=O) groups excluding carboxylic acids is 1. The zero-order valence-corrected chi connectivity index (χ0v) is 19.1. The number of rotatable bonds is 7. The van der Waals surface area contributed by atoms with Crippen molar-refractivity contribution < 1.29 is 23.4 Å². The van der Waals surface area contributed by atoms with Crippen LogP contribution in [0.1, 0.15) is 10.6 Å². The smallest absolute Gasteiger partial charge is 0.295 e. The van der Waals surface area contributed by atoms with Gasteiger partial charge in [-0.2, -0.15) is 0 Å². The maximum atomic E-state index is 13.3. The molecule has 4 rings (SSSR count). The minimum Gasteiger partial charge on any atom is -0.495 e. The molecule has 1 saturated heterocycles. The highest BCUT2D eigenvalue weighted by atomic mass is 79.9. The highest BCUT2D eigenvalue weighted by molar-refractivity contribution is 9.10. The molecule has 1 amide bonds. The van der Waals surface area contributed by atoms with E-state index in [-0.39, 0.29) is 11.7 Å². The number of hydrogen-bond donors (Lipinski definition) is 0. The Morgan fingerprint density at radius 1 is 1.20 bits per heavy atom. The summed E-state index contributed by atoms with van der Waals surface area (Å²) in [7, 11) is 3.21. The first-order chi connectivity index (χ1) is 14.6. The highest BCUT2D eigenvalue weighted by Gasteiger charge is 2.26. The molecule has 160 valence electrons. The number of morpholine rings is 1. The summed E-state index contributed by atoms with van der Waals surface area (Å²) in [6, 6.07) is 7.02. The molecular weight excluding hydrogens is 474 g/mol. The minimum atomic E-state index is -0.244. The van der Waals surface area contributed by atoms with Gasteiger partial charge in [-0.15, -0.1) is 0 Å². The van der Waals surface area contributed by atoms with Gasteiger partial charge >= 0.3 is 0 Å². The van der Waals surface area contributed by atoms with Gasteiger partial charge in [-0.1, -0.05) is 11.3 Å². The van der Waals surface area contributed by atoms with Crippen LogP contribution in [0.5, 0.6) is 11.5 Å². The zero-order chi connectivity index (χ0) is 21.1. The van der Waals surface area contributed by atoms with Crippen molar-refractivity contribution in [2.75, 3.05) is 58.5 Å². The molecule has 0 unspecified atom stereocenters. The summed E-state index contributed by atoms with van der Waals surface area (Å²) < 4.78 is 23.2. The summed E-state index contributed by atoms with van der Waals surface area (Å²) in [4.78, 5) is 22.0. The molecule has 0 saturated carbocycles. The third-order valence-corrected chi connectivity index (χ3v) is 6.42. The standard InChI is InChI=1S/C20H22BrN3O5S/c1-26-13-3-4-14(27-2)18-17(13)22-20(30-18)24(8-7-23-9-11-28-12-10-23)19(25)15-5-6-16(21)29-15/h3-6H,7-12H2,1-2H3. The summed E-state index contributed by atoms with van der Waals surface area (Å²) in [5, 5.41) is 0.568. The van der Waals surface area contributed by atoms with Crippen LogP contribution in [0.15, 0.2) is 33.4 Å². The molecule has 0 spiro atoms. The maximum absolute atomic E-state index is 13.3. The van der Waals surface area contributed by atoms with E-state index >= 15 is 0 Å². The summed E-state index contributed by atoms with van der Waals surface area (Å²) >= 11 is 4.66. The van der Waals surface area contributed by atoms with Crippen molar-refractivity contribution in [2.24, 2.45) is 0 Å². The van der Waals surface area contributed by atoms with Crippen molar-refractivity contribution >= 4 is 48.5 Å². The molecular formula is C20H22BrN3O5S. The summed E-state index contributed by atoms with van der Waals surface area (Å²) in [5.74, 6) is 1.33. The van der Waals surface area contributed by atoms with Gasteiger partial charge in [0.05, 0.1) is 27.4 Å². The quantitative estimate of drug-likeness (QED) is 0.494. The lowest BCUT2D eigenvalue weighted by Gasteiger charge is -2.28. The number of nitrogens with zero attached hydrogens (tertiary/aromatic N) is 3. The normalized spacial score (nSPS) is 14.8. The number of thiazole rings is 1. The number of anilines is 1. The molecule has 1 aromatic carbocycles. The van der Waals surface area contributed by atoms with Gasteiger partial charge in [0.25, 0.3) is 5.91 Å². The number of furan rings is 1. The van der Waals surface area contributed by atoms with Gasteiger partial charge in [0.1, 0.15) is 21.7 Å². The molecule has 1 fully saturated rings. The lowest BCUT2D eigenvalue weighted by atomic mass is 10.3. The number of halogens is 1. The van der Waals surface area contributed by atoms with Crippen molar-refractivity contribution in [3.8, 4) is 11.5 Å². The molecule has 3 aromatic rings. The van der Waals surface area contributed by atoms with E-state index in [2.05, 4.69) is 20.8 Å². The van der Waals surface area contributed by atoms with Gasteiger partial charge in [0, 0.05) is 26.2 Å². The van der Waals surface area contributed by atoms with Crippen molar-refractivity contribution in [3.63, 3.8) is 0 Å². The van der Waals surface area contributed by atoms with Gasteiger partial charge in [-0.05, 0) is 40.2 Å². The Balaban J connectivity index is 1.69. The second-order valence-corrected chi connectivity index (χ2v) is 8.42. The average molecular weight is 496 g/mol. The van der Waals surface area contributed by atoms with Crippen molar-refractivity contribution in [3.05, 3.63) is 34.7 Å². The SMILES string of the molecule is COc1ccc(OC)c2sc(N(CCN3CCOCC3)C(=O)c3ccc(Br)o3)nc12. The van der Waals surface area contributed by atoms with Crippen LogP contribution in [0.2, 0.25) is 0 Å². The first-order valence-corrected chi connectivity index (χ1v) is 11.1.